The van der Waals surface area contributed by atoms with Crippen LogP contribution in [0.25, 0.3) is 0 Å². The zero-order valence-corrected chi connectivity index (χ0v) is 18.3. The molecule has 0 unspecified atom stereocenters. The van der Waals surface area contributed by atoms with E-state index in [4.69, 9.17) is 14.2 Å². The number of benzene rings is 1. The van der Waals surface area contributed by atoms with Crippen LogP contribution in [0.4, 0.5) is 0 Å². The predicted molar refractivity (Wildman–Crippen MR) is 117 cm³/mol. The van der Waals surface area contributed by atoms with E-state index in [-0.39, 0.29) is 24.1 Å². The fraction of sp³-hybridized carbons (Fsp3) is 0.731. The maximum absolute atomic E-state index is 12.7. The summed E-state index contributed by atoms with van der Waals surface area (Å²) in [6, 6.07) is 10.7. The Hall–Kier alpha value is -1.39. The van der Waals surface area contributed by atoms with Crippen LogP contribution < -0.4 is 0 Å². The topological polar surface area (TPSA) is 44.8 Å². The lowest BCUT2D eigenvalue weighted by Crippen LogP contribution is -2.32. The Kier molecular flexibility index (Phi) is 8.22. The largest absolute Gasteiger partial charge is 0.462 e. The van der Waals surface area contributed by atoms with E-state index < -0.39 is 0 Å². The molecular formula is C26H38O4. The Morgan fingerprint density at radius 1 is 0.700 bits per heavy atom. The molecule has 3 aliphatic rings. The third kappa shape index (κ3) is 6.31. The summed E-state index contributed by atoms with van der Waals surface area (Å²) in [5, 5.41) is 0. The van der Waals surface area contributed by atoms with Crippen molar-refractivity contribution >= 4 is 5.97 Å². The van der Waals surface area contributed by atoms with Gasteiger partial charge in [0, 0.05) is 0 Å². The fourth-order valence-electron chi connectivity index (χ4n) is 5.43. The van der Waals surface area contributed by atoms with Crippen LogP contribution in [0, 0.1) is 5.92 Å². The van der Waals surface area contributed by atoms with E-state index >= 15 is 0 Å². The van der Waals surface area contributed by atoms with Crippen molar-refractivity contribution in [3.05, 3.63) is 35.9 Å². The van der Waals surface area contributed by atoms with E-state index in [0.29, 0.717) is 18.8 Å². The van der Waals surface area contributed by atoms with Gasteiger partial charge in [-0.15, -0.1) is 0 Å². The van der Waals surface area contributed by atoms with Gasteiger partial charge in [0.2, 0.25) is 0 Å². The van der Waals surface area contributed by atoms with Crippen molar-refractivity contribution in [2.24, 2.45) is 5.92 Å². The summed E-state index contributed by atoms with van der Waals surface area (Å²) in [6.07, 6.45) is 14.8. The number of carbonyl (C=O) groups excluding carboxylic acids is 1. The molecule has 4 nitrogen and oxygen atoms in total. The summed E-state index contributed by atoms with van der Waals surface area (Å²) in [5.41, 5.74) is 1.42. The van der Waals surface area contributed by atoms with Gasteiger partial charge in [-0.3, -0.25) is 4.79 Å². The number of ether oxygens (including phenoxy) is 3. The van der Waals surface area contributed by atoms with Crippen LogP contribution in [-0.4, -0.2) is 31.1 Å². The zero-order valence-electron chi connectivity index (χ0n) is 18.3. The molecule has 0 aromatic heterocycles. The van der Waals surface area contributed by atoms with Crippen LogP contribution in [0.3, 0.4) is 0 Å². The van der Waals surface area contributed by atoms with Gasteiger partial charge in [0.05, 0.1) is 18.1 Å². The zero-order chi connectivity index (χ0) is 20.6. The number of hydrogen-bond donors (Lipinski definition) is 0. The van der Waals surface area contributed by atoms with Gasteiger partial charge in [0.1, 0.15) is 12.9 Å². The van der Waals surface area contributed by atoms with Crippen molar-refractivity contribution in [3.63, 3.8) is 0 Å². The highest BCUT2D eigenvalue weighted by Gasteiger charge is 2.31. The van der Waals surface area contributed by atoms with Crippen LogP contribution in [0.1, 0.15) is 95.0 Å². The quantitative estimate of drug-likeness (QED) is 0.397. The average molecular weight is 415 g/mol. The van der Waals surface area contributed by atoms with Crippen molar-refractivity contribution in [2.45, 2.75) is 108 Å². The molecule has 0 bridgehead atoms. The van der Waals surface area contributed by atoms with E-state index in [0.717, 1.165) is 51.4 Å². The van der Waals surface area contributed by atoms with E-state index in [1.807, 2.05) is 0 Å². The lowest BCUT2D eigenvalue weighted by Gasteiger charge is -2.32. The van der Waals surface area contributed by atoms with Crippen molar-refractivity contribution in [1.82, 2.24) is 0 Å². The number of esters is 1. The highest BCUT2D eigenvalue weighted by atomic mass is 16.7. The molecule has 166 valence electrons. The lowest BCUT2D eigenvalue weighted by atomic mass is 9.82. The molecule has 3 aliphatic carbocycles. The van der Waals surface area contributed by atoms with Gasteiger partial charge < -0.3 is 14.2 Å². The molecule has 0 N–H and O–H groups in total. The third-order valence-electron chi connectivity index (χ3n) is 7.40. The molecule has 4 heteroatoms. The Labute approximate surface area is 181 Å². The first kappa shape index (κ1) is 21.8. The standard InChI is InChI=1S/C26H38O4/c27-26(30-25-17-11-21(12-18-25)20-7-3-1-4-8-20)22-13-15-24(16-14-22)29-19-28-23-9-5-2-6-10-23/h1,3-4,7-8,21-25H,2,5-6,9-19H2. The van der Waals surface area contributed by atoms with Crippen LogP contribution in [-0.2, 0) is 19.0 Å². The number of rotatable bonds is 7. The van der Waals surface area contributed by atoms with Crippen LogP contribution in [0.2, 0.25) is 0 Å². The first-order chi connectivity index (χ1) is 14.8. The third-order valence-corrected chi connectivity index (χ3v) is 7.40. The van der Waals surface area contributed by atoms with E-state index in [1.165, 1.54) is 37.7 Å². The summed E-state index contributed by atoms with van der Waals surface area (Å²) >= 11 is 0. The van der Waals surface area contributed by atoms with Gasteiger partial charge in [0.15, 0.2) is 0 Å². The van der Waals surface area contributed by atoms with Gasteiger partial charge in [-0.05, 0) is 75.7 Å². The Morgan fingerprint density at radius 2 is 1.30 bits per heavy atom. The SMILES string of the molecule is O=C(OC1CCC(c2ccccc2)CC1)C1CCC(OCOC2CCCCC2)CC1. The summed E-state index contributed by atoms with van der Waals surface area (Å²) in [6.45, 7) is 0.412. The van der Waals surface area contributed by atoms with Crippen molar-refractivity contribution in [2.75, 3.05) is 6.79 Å². The van der Waals surface area contributed by atoms with Gasteiger partial charge in [-0.2, -0.15) is 0 Å². The summed E-state index contributed by atoms with van der Waals surface area (Å²) in [4.78, 5) is 12.7. The predicted octanol–water partition coefficient (Wildman–Crippen LogP) is 6.14. The molecule has 0 saturated heterocycles. The molecule has 0 atom stereocenters. The summed E-state index contributed by atoms with van der Waals surface area (Å²) < 4.78 is 17.7. The molecule has 0 heterocycles. The van der Waals surface area contributed by atoms with Crippen LogP contribution >= 0.6 is 0 Å². The first-order valence-electron chi connectivity index (χ1n) is 12.3. The molecule has 3 fully saturated rings. The highest BCUT2D eigenvalue weighted by Crippen LogP contribution is 2.35. The van der Waals surface area contributed by atoms with Gasteiger partial charge in [-0.25, -0.2) is 0 Å². The fourth-order valence-corrected chi connectivity index (χ4v) is 5.43. The maximum Gasteiger partial charge on any atom is 0.309 e. The molecule has 0 aliphatic heterocycles. The maximum atomic E-state index is 12.7. The molecule has 0 spiro atoms. The molecule has 0 amide bonds. The minimum Gasteiger partial charge on any atom is -0.462 e. The van der Waals surface area contributed by atoms with E-state index in [1.54, 1.807) is 0 Å². The number of carbonyl (C=O) groups is 1. The van der Waals surface area contributed by atoms with Crippen LogP contribution in [0.15, 0.2) is 30.3 Å². The molecule has 0 radical (unpaired) electrons. The first-order valence-corrected chi connectivity index (χ1v) is 12.3. The Balaban J connectivity index is 1.10. The second kappa shape index (κ2) is 11.3. The minimum absolute atomic E-state index is 0.0232. The molecule has 1 aromatic rings. The lowest BCUT2D eigenvalue weighted by molar-refractivity contribution is -0.160. The summed E-state index contributed by atoms with van der Waals surface area (Å²) in [7, 11) is 0. The molecule has 30 heavy (non-hydrogen) atoms. The van der Waals surface area contributed by atoms with Gasteiger partial charge in [-0.1, -0.05) is 49.6 Å². The van der Waals surface area contributed by atoms with Crippen molar-refractivity contribution in [1.29, 1.82) is 0 Å². The van der Waals surface area contributed by atoms with E-state index in [2.05, 4.69) is 30.3 Å². The molecule has 4 rings (SSSR count). The van der Waals surface area contributed by atoms with Crippen molar-refractivity contribution in [3.8, 4) is 0 Å². The second-order valence-electron chi connectivity index (χ2n) is 9.51. The second-order valence-corrected chi connectivity index (χ2v) is 9.51. The normalized spacial score (nSPS) is 30.7. The molecule has 1 aromatic carbocycles. The molecule has 3 saturated carbocycles. The Morgan fingerprint density at radius 3 is 1.97 bits per heavy atom. The minimum atomic E-state index is 0.0232. The van der Waals surface area contributed by atoms with Gasteiger partial charge in [0.25, 0.3) is 0 Å². The van der Waals surface area contributed by atoms with E-state index in [9.17, 15) is 4.79 Å². The van der Waals surface area contributed by atoms with Crippen molar-refractivity contribution < 1.29 is 19.0 Å². The number of hydrogen-bond acceptors (Lipinski definition) is 4. The van der Waals surface area contributed by atoms with Crippen LogP contribution in [0.5, 0.6) is 0 Å². The average Bonchev–Trinajstić information content (AvgIpc) is 2.81. The summed E-state index contributed by atoms with van der Waals surface area (Å²) in [5.74, 6) is 0.690. The monoisotopic (exact) mass is 414 g/mol. The molecular weight excluding hydrogens is 376 g/mol. The Bertz CT molecular complexity index is 624. The highest BCUT2D eigenvalue weighted by molar-refractivity contribution is 5.72. The van der Waals surface area contributed by atoms with Gasteiger partial charge >= 0.3 is 5.97 Å². The smallest absolute Gasteiger partial charge is 0.309 e.